The van der Waals surface area contributed by atoms with E-state index in [2.05, 4.69) is 29.0 Å². The van der Waals surface area contributed by atoms with Crippen molar-refractivity contribution in [1.29, 1.82) is 0 Å². The average molecular weight is 428 g/mol. The Morgan fingerprint density at radius 2 is 1.81 bits per heavy atom. The van der Waals surface area contributed by atoms with Crippen molar-refractivity contribution in [2.45, 2.75) is 26.9 Å². The minimum absolute atomic E-state index is 0.0435. The maximum Gasteiger partial charge on any atom is 0.258 e. The first-order chi connectivity index (χ1) is 15.1. The zero-order valence-electron chi connectivity index (χ0n) is 18.4. The molecule has 0 atom stereocenters. The number of likely N-dealkylation sites (N-methyl/N-ethyl adjacent to an activating group) is 1. The van der Waals surface area contributed by atoms with E-state index in [9.17, 15) is 4.39 Å². The number of hydrogen-bond donors (Lipinski definition) is 0. The summed E-state index contributed by atoms with van der Waals surface area (Å²) in [6.07, 6.45) is 1.15. The molecule has 0 N–H and O–H groups in total. The molecule has 3 rings (SSSR count). The Labute approximate surface area is 183 Å². The number of aromatic nitrogens is 2. The van der Waals surface area contributed by atoms with Gasteiger partial charge in [0, 0.05) is 17.7 Å². The highest BCUT2D eigenvalue weighted by Crippen LogP contribution is 2.27. The maximum absolute atomic E-state index is 12.3. The summed E-state index contributed by atoms with van der Waals surface area (Å²) >= 11 is 0. The molecule has 166 valence electrons. The van der Waals surface area contributed by atoms with Gasteiger partial charge in [0.25, 0.3) is 5.89 Å². The molecule has 31 heavy (non-hydrogen) atoms. The topological polar surface area (TPSA) is 60.6 Å². The second-order valence-electron chi connectivity index (χ2n) is 7.49. The first-order valence-corrected chi connectivity index (χ1v) is 10.6. The van der Waals surface area contributed by atoms with Crippen LogP contribution in [0.1, 0.15) is 24.5 Å². The highest BCUT2D eigenvalue weighted by molar-refractivity contribution is 5.61. The summed E-state index contributed by atoms with van der Waals surface area (Å²) < 4.78 is 28.9. The minimum Gasteiger partial charge on any atom is -0.491 e. The molecule has 7 heteroatoms. The van der Waals surface area contributed by atoms with Crippen LogP contribution in [0, 0.1) is 6.92 Å². The fourth-order valence-corrected chi connectivity index (χ4v) is 3.20. The number of aryl methyl sites for hydroxylation is 1. The van der Waals surface area contributed by atoms with E-state index in [-0.39, 0.29) is 6.61 Å². The van der Waals surface area contributed by atoms with Crippen molar-refractivity contribution >= 4 is 0 Å². The number of nitrogens with zero attached hydrogens (tertiary/aromatic N) is 3. The highest BCUT2D eigenvalue weighted by atomic mass is 19.1. The van der Waals surface area contributed by atoms with Crippen molar-refractivity contribution in [3.8, 4) is 28.6 Å². The van der Waals surface area contributed by atoms with Gasteiger partial charge in [-0.3, -0.25) is 0 Å². The fraction of sp³-hybridized carbons (Fsp3) is 0.417. The molecule has 0 aliphatic carbocycles. The molecule has 6 nitrogen and oxygen atoms in total. The van der Waals surface area contributed by atoms with Gasteiger partial charge in [-0.25, -0.2) is 4.39 Å². The molecule has 0 saturated heterocycles. The molecule has 0 fully saturated rings. The Kier molecular flexibility index (Phi) is 8.55. The molecule has 2 aromatic carbocycles. The molecule has 0 radical (unpaired) electrons. The zero-order chi connectivity index (χ0) is 22.1. The molecule has 0 aliphatic heterocycles. The molecule has 3 aromatic rings. The first kappa shape index (κ1) is 22.9. The molecule has 0 unspecified atom stereocenters. The van der Waals surface area contributed by atoms with Gasteiger partial charge in [-0.1, -0.05) is 36.3 Å². The lowest BCUT2D eigenvalue weighted by atomic mass is 10.1. The summed E-state index contributed by atoms with van der Waals surface area (Å²) in [5.41, 5.74) is 3.66. The van der Waals surface area contributed by atoms with Gasteiger partial charge in [0.2, 0.25) is 5.82 Å². The summed E-state index contributed by atoms with van der Waals surface area (Å²) in [4.78, 5) is 6.78. The standard InChI is InChI=1S/C24H30FN3O3/c1-4-12-28(3)13-15-29-17-19-5-7-20(8-6-19)23-26-24(31-27-23)21-9-10-22(18(2)16-21)30-14-11-25/h5-10,16H,4,11-15,17H2,1-3H3. The molecule has 1 heterocycles. The second-order valence-corrected chi connectivity index (χ2v) is 7.49. The first-order valence-electron chi connectivity index (χ1n) is 10.6. The number of ether oxygens (including phenoxy) is 2. The van der Waals surface area contributed by atoms with Gasteiger partial charge >= 0.3 is 0 Å². The van der Waals surface area contributed by atoms with E-state index in [0.717, 1.165) is 41.8 Å². The molecular formula is C24H30FN3O3. The van der Waals surface area contributed by atoms with Crippen LogP contribution in [0.15, 0.2) is 47.0 Å². The second kappa shape index (κ2) is 11.6. The molecule has 0 bridgehead atoms. The highest BCUT2D eigenvalue weighted by Gasteiger charge is 2.12. The third kappa shape index (κ3) is 6.60. The van der Waals surface area contributed by atoms with Crippen molar-refractivity contribution < 1.29 is 18.4 Å². The number of alkyl halides is 1. The smallest absolute Gasteiger partial charge is 0.258 e. The molecule has 0 spiro atoms. The number of benzene rings is 2. The largest absolute Gasteiger partial charge is 0.491 e. The van der Waals surface area contributed by atoms with E-state index in [1.54, 1.807) is 6.07 Å². The van der Waals surface area contributed by atoms with Gasteiger partial charge in [0.1, 0.15) is 19.0 Å². The summed E-state index contributed by atoms with van der Waals surface area (Å²) in [5.74, 6) is 1.61. The van der Waals surface area contributed by atoms with Gasteiger partial charge in [0.05, 0.1) is 13.2 Å². The van der Waals surface area contributed by atoms with Crippen LogP contribution in [0.3, 0.4) is 0 Å². The van der Waals surface area contributed by atoms with Crippen LogP contribution in [-0.2, 0) is 11.3 Å². The Balaban J connectivity index is 1.58. The van der Waals surface area contributed by atoms with Crippen molar-refractivity contribution in [2.24, 2.45) is 0 Å². The summed E-state index contributed by atoms with van der Waals surface area (Å²) in [7, 11) is 2.11. The van der Waals surface area contributed by atoms with Crippen molar-refractivity contribution in [3.05, 3.63) is 53.6 Å². The van der Waals surface area contributed by atoms with Gasteiger partial charge in [-0.15, -0.1) is 0 Å². The van der Waals surface area contributed by atoms with E-state index >= 15 is 0 Å². The van der Waals surface area contributed by atoms with Crippen LogP contribution < -0.4 is 4.74 Å². The predicted molar refractivity (Wildman–Crippen MR) is 119 cm³/mol. The SMILES string of the molecule is CCCN(C)CCOCc1ccc(-c2noc(-c3ccc(OCCF)c(C)c3)n2)cc1. The summed E-state index contributed by atoms with van der Waals surface area (Å²) in [6, 6.07) is 13.5. The lowest BCUT2D eigenvalue weighted by Gasteiger charge is -2.15. The third-order valence-electron chi connectivity index (χ3n) is 4.89. The number of rotatable bonds is 12. The molecule has 1 aromatic heterocycles. The summed E-state index contributed by atoms with van der Waals surface area (Å²) in [6.45, 7) is 6.90. The van der Waals surface area contributed by atoms with E-state index in [0.29, 0.717) is 30.7 Å². The van der Waals surface area contributed by atoms with E-state index in [1.807, 2.05) is 43.3 Å². The monoisotopic (exact) mass is 427 g/mol. The quantitative estimate of drug-likeness (QED) is 0.383. The van der Waals surface area contributed by atoms with Crippen LogP contribution in [0.25, 0.3) is 22.8 Å². The Bertz CT molecular complexity index is 943. The molecular weight excluding hydrogens is 397 g/mol. The Morgan fingerprint density at radius 1 is 1.03 bits per heavy atom. The van der Waals surface area contributed by atoms with Crippen LogP contribution in [0.5, 0.6) is 5.75 Å². The normalized spacial score (nSPS) is 11.3. The van der Waals surface area contributed by atoms with Crippen molar-refractivity contribution in [2.75, 3.05) is 40.0 Å². The summed E-state index contributed by atoms with van der Waals surface area (Å²) in [5, 5.41) is 4.10. The lowest BCUT2D eigenvalue weighted by Crippen LogP contribution is -2.23. The van der Waals surface area contributed by atoms with E-state index in [1.165, 1.54) is 0 Å². The molecule has 0 saturated carbocycles. The molecule has 0 aliphatic rings. The van der Waals surface area contributed by atoms with E-state index < -0.39 is 6.67 Å². The van der Waals surface area contributed by atoms with Crippen LogP contribution in [0.4, 0.5) is 4.39 Å². The number of hydrogen-bond acceptors (Lipinski definition) is 6. The van der Waals surface area contributed by atoms with Crippen LogP contribution >= 0.6 is 0 Å². The molecule has 0 amide bonds. The van der Waals surface area contributed by atoms with Crippen LogP contribution in [-0.4, -0.2) is 55.1 Å². The predicted octanol–water partition coefficient (Wildman–Crippen LogP) is 4.92. The zero-order valence-corrected chi connectivity index (χ0v) is 18.4. The number of halogens is 1. The van der Waals surface area contributed by atoms with Gasteiger partial charge < -0.3 is 18.9 Å². The maximum atomic E-state index is 12.3. The average Bonchev–Trinajstić information content (AvgIpc) is 3.27. The van der Waals surface area contributed by atoms with Crippen LogP contribution in [0.2, 0.25) is 0 Å². The van der Waals surface area contributed by atoms with Crippen molar-refractivity contribution in [3.63, 3.8) is 0 Å². The Hall–Kier alpha value is -2.77. The lowest BCUT2D eigenvalue weighted by molar-refractivity contribution is 0.0997. The third-order valence-corrected chi connectivity index (χ3v) is 4.89. The van der Waals surface area contributed by atoms with Gasteiger partial charge in [-0.2, -0.15) is 4.98 Å². The Morgan fingerprint density at radius 3 is 2.52 bits per heavy atom. The van der Waals surface area contributed by atoms with E-state index in [4.69, 9.17) is 14.0 Å². The minimum atomic E-state index is -0.518. The van der Waals surface area contributed by atoms with Gasteiger partial charge in [-0.05, 0) is 56.3 Å². The fourth-order valence-electron chi connectivity index (χ4n) is 3.20. The van der Waals surface area contributed by atoms with Gasteiger partial charge in [0.15, 0.2) is 0 Å². The van der Waals surface area contributed by atoms with Crippen molar-refractivity contribution in [1.82, 2.24) is 15.0 Å².